The molecule has 0 atom stereocenters. The Labute approximate surface area is 124 Å². The van der Waals surface area contributed by atoms with E-state index >= 15 is 0 Å². The lowest BCUT2D eigenvalue weighted by Crippen LogP contribution is -2.42. The maximum atomic E-state index is 5.93. The van der Waals surface area contributed by atoms with E-state index in [0.717, 1.165) is 11.3 Å². The van der Waals surface area contributed by atoms with E-state index in [4.69, 9.17) is 23.7 Å². The molecule has 0 fully saturated rings. The van der Waals surface area contributed by atoms with Crippen LogP contribution in [0.3, 0.4) is 0 Å². The van der Waals surface area contributed by atoms with Crippen LogP contribution in [0.2, 0.25) is 0 Å². The van der Waals surface area contributed by atoms with E-state index < -0.39 is 0 Å². The second-order valence-corrected chi connectivity index (χ2v) is 6.04. The molecule has 20 heavy (non-hydrogen) atoms. The number of thiocarbonyl (C=S) groups is 1. The minimum atomic E-state index is -0.130. The third-order valence-corrected chi connectivity index (χ3v) is 2.94. The van der Waals surface area contributed by atoms with E-state index in [1.54, 1.807) is 4.57 Å². The van der Waals surface area contributed by atoms with Gasteiger partial charge in [-0.2, -0.15) is 0 Å². The van der Waals surface area contributed by atoms with Crippen LogP contribution < -0.4 is 16.8 Å². The quantitative estimate of drug-likeness (QED) is 0.554. The number of nitrogens with zero attached hydrogens (tertiary/aromatic N) is 2. The molecule has 0 radical (unpaired) electrons. The van der Waals surface area contributed by atoms with Gasteiger partial charge in [0.15, 0.2) is 5.11 Å². The number of aromatic nitrogens is 2. The summed E-state index contributed by atoms with van der Waals surface area (Å²) in [5.41, 5.74) is 13.9. The summed E-state index contributed by atoms with van der Waals surface area (Å²) in [6, 6.07) is 7.47. The van der Waals surface area contributed by atoms with Crippen LogP contribution in [0.4, 0.5) is 11.6 Å². The van der Waals surface area contributed by atoms with Crippen molar-refractivity contribution in [3.8, 4) is 11.3 Å². The van der Waals surface area contributed by atoms with Crippen LogP contribution in [0.1, 0.15) is 20.8 Å². The molecule has 5 N–H and O–H groups in total. The van der Waals surface area contributed by atoms with Crippen LogP contribution >= 0.6 is 12.2 Å². The molecular weight excluding hydrogens is 270 g/mol. The SMILES string of the molecule is CC(C)(C)NC(=S)n1cc(-c2ccc(N)cc2)nc1N. The molecule has 0 aliphatic rings. The van der Waals surface area contributed by atoms with Crippen molar-refractivity contribution in [3.63, 3.8) is 0 Å². The highest BCUT2D eigenvalue weighted by atomic mass is 32.1. The van der Waals surface area contributed by atoms with Gasteiger partial charge in [0.25, 0.3) is 0 Å². The Morgan fingerprint density at radius 2 is 1.80 bits per heavy atom. The van der Waals surface area contributed by atoms with Gasteiger partial charge in [-0.1, -0.05) is 12.1 Å². The molecule has 2 rings (SSSR count). The monoisotopic (exact) mass is 289 g/mol. The highest BCUT2D eigenvalue weighted by Crippen LogP contribution is 2.21. The molecular formula is C14H19N5S. The second kappa shape index (κ2) is 5.13. The van der Waals surface area contributed by atoms with E-state index in [1.165, 1.54) is 0 Å². The third kappa shape index (κ3) is 3.27. The molecule has 106 valence electrons. The van der Waals surface area contributed by atoms with Crippen molar-refractivity contribution in [3.05, 3.63) is 30.5 Å². The molecule has 6 heteroatoms. The molecule has 0 spiro atoms. The number of hydrogen-bond donors (Lipinski definition) is 3. The van der Waals surface area contributed by atoms with E-state index in [0.29, 0.717) is 16.7 Å². The Bertz CT molecular complexity index is 622. The molecule has 1 aromatic carbocycles. The lowest BCUT2D eigenvalue weighted by molar-refractivity contribution is 0.509. The maximum absolute atomic E-state index is 5.93. The summed E-state index contributed by atoms with van der Waals surface area (Å²) >= 11 is 5.35. The Morgan fingerprint density at radius 3 is 2.35 bits per heavy atom. The number of nitrogen functional groups attached to an aromatic ring is 2. The predicted octanol–water partition coefficient (Wildman–Crippen LogP) is 2.24. The average Bonchev–Trinajstić information content (AvgIpc) is 2.70. The Kier molecular flexibility index (Phi) is 3.67. The standard InChI is InChI=1S/C14H19N5S/c1-14(2,3)18-13(20)19-8-11(17-12(19)16)9-4-6-10(15)7-5-9/h4-8H,15H2,1-3H3,(H2,16,17)(H,18,20). The summed E-state index contributed by atoms with van der Waals surface area (Å²) < 4.78 is 1.67. The summed E-state index contributed by atoms with van der Waals surface area (Å²) in [4.78, 5) is 4.33. The van der Waals surface area contributed by atoms with Crippen LogP contribution in [-0.2, 0) is 0 Å². The largest absolute Gasteiger partial charge is 0.399 e. The van der Waals surface area contributed by atoms with Crippen molar-refractivity contribution in [2.45, 2.75) is 26.3 Å². The lowest BCUT2D eigenvalue weighted by atomic mass is 10.1. The number of nitrogens with one attached hydrogen (secondary N) is 1. The first-order chi connectivity index (χ1) is 9.26. The van der Waals surface area contributed by atoms with Crippen molar-refractivity contribution < 1.29 is 0 Å². The maximum Gasteiger partial charge on any atom is 0.207 e. The number of anilines is 2. The van der Waals surface area contributed by atoms with Crippen LogP contribution in [0.15, 0.2) is 30.5 Å². The molecule has 0 unspecified atom stereocenters. The van der Waals surface area contributed by atoms with Gasteiger partial charge in [0.1, 0.15) is 0 Å². The molecule has 0 saturated heterocycles. The Balaban J connectivity index is 2.30. The second-order valence-electron chi connectivity index (χ2n) is 5.66. The van der Waals surface area contributed by atoms with Crippen molar-refractivity contribution >= 4 is 29.0 Å². The molecule has 0 bridgehead atoms. The van der Waals surface area contributed by atoms with Crippen LogP contribution in [-0.4, -0.2) is 20.2 Å². The summed E-state index contributed by atoms with van der Waals surface area (Å²) in [6.45, 7) is 6.11. The number of benzene rings is 1. The van der Waals surface area contributed by atoms with Gasteiger partial charge in [-0.3, -0.25) is 4.57 Å². The zero-order valence-electron chi connectivity index (χ0n) is 11.8. The van der Waals surface area contributed by atoms with Gasteiger partial charge < -0.3 is 16.8 Å². The number of imidazole rings is 1. The number of rotatable bonds is 1. The summed E-state index contributed by atoms with van der Waals surface area (Å²) in [6.07, 6.45) is 1.82. The van der Waals surface area contributed by atoms with E-state index in [2.05, 4.69) is 10.3 Å². The smallest absolute Gasteiger partial charge is 0.207 e. The molecule has 0 saturated carbocycles. The molecule has 0 aliphatic carbocycles. The first kappa shape index (κ1) is 14.3. The zero-order chi connectivity index (χ0) is 14.9. The molecule has 1 heterocycles. The van der Waals surface area contributed by atoms with Gasteiger partial charge in [-0.25, -0.2) is 4.98 Å². The normalized spacial score (nSPS) is 11.3. The summed E-state index contributed by atoms with van der Waals surface area (Å²) in [5, 5.41) is 3.74. The van der Waals surface area contributed by atoms with Gasteiger partial charge in [-0.05, 0) is 45.1 Å². The van der Waals surface area contributed by atoms with Gasteiger partial charge in [0, 0.05) is 23.0 Å². The van der Waals surface area contributed by atoms with Crippen LogP contribution in [0, 0.1) is 0 Å². The third-order valence-electron chi connectivity index (χ3n) is 2.64. The van der Waals surface area contributed by atoms with Gasteiger partial charge >= 0.3 is 0 Å². The predicted molar refractivity (Wildman–Crippen MR) is 87.4 cm³/mol. The molecule has 1 aromatic heterocycles. The van der Waals surface area contributed by atoms with Crippen molar-refractivity contribution in [2.75, 3.05) is 11.5 Å². The molecule has 2 aromatic rings. The summed E-state index contributed by atoms with van der Waals surface area (Å²) in [7, 11) is 0. The van der Waals surface area contributed by atoms with Crippen molar-refractivity contribution in [2.24, 2.45) is 0 Å². The highest BCUT2D eigenvalue weighted by molar-refractivity contribution is 7.80. The van der Waals surface area contributed by atoms with Crippen molar-refractivity contribution in [1.29, 1.82) is 0 Å². The number of nitrogens with two attached hydrogens (primary N) is 2. The molecule has 0 amide bonds. The topological polar surface area (TPSA) is 81.9 Å². The van der Waals surface area contributed by atoms with Gasteiger partial charge in [0.05, 0.1) is 5.69 Å². The van der Waals surface area contributed by atoms with Crippen LogP contribution in [0.25, 0.3) is 11.3 Å². The minimum Gasteiger partial charge on any atom is -0.399 e. The fraction of sp³-hybridized carbons (Fsp3) is 0.286. The van der Waals surface area contributed by atoms with E-state index in [9.17, 15) is 0 Å². The number of hydrogen-bond acceptors (Lipinski definition) is 4. The van der Waals surface area contributed by atoms with E-state index in [-0.39, 0.29) is 5.54 Å². The Morgan fingerprint density at radius 1 is 1.20 bits per heavy atom. The lowest BCUT2D eigenvalue weighted by Gasteiger charge is -2.22. The van der Waals surface area contributed by atoms with Gasteiger partial charge in [-0.15, -0.1) is 0 Å². The van der Waals surface area contributed by atoms with E-state index in [1.807, 2.05) is 51.2 Å². The first-order valence-electron chi connectivity index (χ1n) is 6.29. The fourth-order valence-electron chi connectivity index (χ4n) is 1.73. The molecule has 0 aliphatic heterocycles. The van der Waals surface area contributed by atoms with Crippen molar-refractivity contribution in [1.82, 2.24) is 14.9 Å². The summed E-state index contributed by atoms with van der Waals surface area (Å²) in [5.74, 6) is 0.360. The Hall–Kier alpha value is -2.08. The van der Waals surface area contributed by atoms with Gasteiger partial charge in [0.2, 0.25) is 5.95 Å². The first-order valence-corrected chi connectivity index (χ1v) is 6.70. The minimum absolute atomic E-state index is 0.130. The fourth-order valence-corrected chi connectivity index (χ4v) is 2.18. The highest BCUT2D eigenvalue weighted by Gasteiger charge is 2.15. The van der Waals surface area contributed by atoms with Crippen LogP contribution in [0.5, 0.6) is 0 Å². The molecule has 5 nitrogen and oxygen atoms in total. The zero-order valence-corrected chi connectivity index (χ0v) is 12.7. The average molecular weight is 289 g/mol.